The van der Waals surface area contributed by atoms with Crippen molar-refractivity contribution in [3.05, 3.63) is 53.6 Å². The molecule has 3 aliphatic rings. The Balaban J connectivity index is 1.29. The van der Waals surface area contributed by atoms with Crippen LogP contribution in [0.5, 0.6) is 0 Å². The fraction of sp³-hybridized carbons (Fsp3) is 0.448. The molecular weight excluding hydrogens is 542 g/mol. The van der Waals surface area contributed by atoms with E-state index in [4.69, 9.17) is 9.26 Å². The number of ether oxygens (including phenoxy) is 1. The van der Waals surface area contributed by atoms with Crippen LogP contribution in [0.15, 0.2) is 46.6 Å². The molecule has 0 saturated carbocycles. The first kappa shape index (κ1) is 28.6. The third-order valence-corrected chi connectivity index (χ3v) is 9.25. The summed E-state index contributed by atoms with van der Waals surface area (Å²) in [5.41, 5.74) is 2.33. The first-order valence-corrected chi connectivity index (χ1v) is 17.6. The lowest BCUT2D eigenvalue weighted by Crippen LogP contribution is -2.57. The number of aromatic nitrogens is 2. The van der Waals surface area contributed by atoms with Crippen LogP contribution in [0.1, 0.15) is 37.1 Å². The van der Waals surface area contributed by atoms with E-state index in [1.165, 1.54) is 0 Å². The van der Waals surface area contributed by atoms with Gasteiger partial charge in [-0.2, -0.15) is 4.98 Å². The predicted octanol–water partition coefficient (Wildman–Crippen LogP) is 3.43. The van der Waals surface area contributed by atoms with Crippen molar-refractivity contribution in [3.63, 3.8) is 0 Å². The maximum absolute atomic E-state index is 13.7. The average Bonchev–Trinajstić information content (AvgIpc) is 3.51. The molecule has 1 aromatic heterocycles. The van der Waals surface area contributed by atoms with Crippen molar-refractivity contribution >= 4 is 37.8 Å². The zero-order valence-electron chi connectivity index (χ0n) is 23.7. The van der Waals surface area contributed by atoms with E-state index in [9.17, 15) is 19.2 Å². The average molecular weight is 578 g/mol. The van der Waals surface area contributed by atoms with Gasteiger partial charge in [0.05, 0.1) is 6.54 Å². The van der Waals surface area contributed by atoms with Crippen LogP contribution >= 0.6 is 0 Å². The van der Waals surface area contributed by atoms with Crippen LogP contribution in [-0.2, 0) is 30.5 Å². The molecular formula is C29H35N5O6Si. The van der Waals surface area contributed by atoms with E-state index < -0.39 is 31.8 Å². The summed E-state index contributed by atoms with van der Waals surface area (Å²) in [6.45, 7) is 11.4. The number of piperidine rings is 1. The summed E-state index contributed by atoms with van der Waals surface area (Å²) in [5, 5.41) is 4.09. The van der Waals surface area contributed by atoms with E-state index in [1.807, 2.05) is 24.3 Å². The minimum atomic E-state index is -1.34. The number of amides is 4. The van der Waals surface area contributed by atoms with Crippen molar-refractivity contribution in [1.82, 2.24) is 24.8 Å². The monoisotopic (exact) mass is 577 g/mol. The normalized spacial score (nSPS) is 19.9. The first-order valence-electron chi connectivity index (χ1n) is 13.9. The molecule has 2 aromatic rings. The van der Waals surface area contributed by atoms with Gasteiger partial charge in [0.1, 0.15) is 18.5 Å². The van der Waals surface area contributed by atoms with Crippen LogP contribution in [0.2, 0.25) is 25.7 Å². The van der Waals surface area contributed by atoms with Gasteiger partial charge >= 0.3 is 0 Å². The quantitative estimate of drug-likeness (QED) is 0.237. The molecule has 0 spiro atoms. The van der Waals surface area contributed by atoms with Crippen molar-refractivity contribution in [2.45, 2.75) is 64.0 Å². The molecule has 1 unspecified atom stereocenters. The van der Waals surface area contributed by atoms with Crippen LogP contribution < -0.4 is 0 Å². The number of hydrogen-bond donors (Lipinski definition) is 0. The Hall–Kier alpha value is -3.90. The Morgan fingerprint density at radius 3 is 2.71 bits per heavy atom. The lowest BCUT2D eigenvalue weighted by atomic mass is 10.0. The van der Waals surface area contributed by atoms with Gasteiger partial charge in [0, 0.05) is 38.8 Å². The van der Waals surface area contributed by atoms with Gasteiger partial charge in [0.25, 0.3) is 17.7 Å². The summed E-state index contributed by atoms with van der Waals surface area (Å²) >= 11 is 0. The van der Waals surface area contributed by atoms with E-state index in [1.54, 1.807) is 11.0 Å². The zero-order valence-corrected chi connectivity index (χ0v) is 24.7. The number of nitrogens with zero attached hydrogens (tertiary/aromatic N) is 5. The molecule has 3 aliphatic heterocycles. The fourth-order valence-electron chi connectivity index (χ4n) is 5.27. The molecule has 5 rings (SSSR count). The van der Waals surface area contributed by atoms with Crippen molar-refractivity contribution in [2.24, 2.45) is 0 Å². The topological polar surface area (TPSA) is 126 Å². The second-order valence-corrected chi connectivity index (χ2v) is 17.4. The van der Waals surface area contributed by atoms with Gasteiger partial charge in [-0.15, -0.1) is 0 Å². The molecule has 0 bridgehead atoms. The van der Waals surface area contributed by atoms with Crippen LogP contribution in [0.3, 0.4) is 0 Å². The van der Waals surface area contributed by atoms with E-state index in [0.29, 0.717) is 43.3 Å². The minimum absolute atomic E-state index is 0.0526. The highest BCUT2D eigenvalue weighted by molar-refractivity contribution is 6.76. The molecule has 1 atom stereocenters. The van der Waals surface area contributed by atoms with Crippen LogP contribution in [0.25, 0.3) is 17.5 Å². The summed E-state index contributed by atoms with van der Waals surface area (Å²) < 4.78 is 11.2. The molecule has 12 heteroatoms. The van der Waals surface area contributed by atoms with E-state index in [0.717, 1.165) is 27.0 Å². The maximum atomic E-state index is 13.7. The van der Waals surface area contributed by atoms with E-state index >= 15 is 0 Å². The zero-order chi connectivity index (χ0) is 29.3. The Morgan fingerprint density at radius 2 is 1.95 bits per heavy atom. The van der Waals surface area contributed by atoms with Gasteiger partial charge < -0.3 is 14.2 Å². The molecule has 1 saturated heterocycles. The molecule has 1 fully saturated rings. The molecule has 4 heterocycles. The van der Waals surface area contributed by atoms with Crippen molar-refractivity contribution < 1.29 is 28.4 Å². The summed E-state index contributed by atoms with van der Waals surface area (Å²) in [7, 11) is -1.34. The third-order valence-electron chi connectivity index (χ3n) is 7.54. The maximum Gasteiger partial charge on any atom is 0.278 e. The van der Waals surface area contributed by atoms with Crippen LogP contribution in [0, 0.1) is 0 Å². The summed E-state index contributed by atoms with van der Waals surface area (Å²) in [6, 6.07) is 7.40. The number of hydrogen-bond acceptors (Lipinski definition) is 9. The Bertz CT molecular complexity index is 1430. The van der Waals surface area contributed by atoms with Gasteiger partial charge in [0.2, 0.25) is 17.6 Å². The largest absolute Gasteiger partial charge is 0.361 e. The van der Waals surface area contributed by atoms with Crippen molar-refractivity contribution in [2.75, 3.05) is 19.9 Å². The number of rotatable bonds is 10. The second-order valence-electron chi connectivity index (χ2n) is 11.7. The Kier molecular flexibility index (Phi) is 8.05. The molecule has 0 aliphatic carbocycles. The third kappa shape index (κ3) is 5.93. The van der Waals surface area contributed by atoms with Gasteiger partial charge in [-0.3, -0.25) is 29.0 Å². The molecule has 0 radical (unpaired) electrons. The number of likely N-dealkylation sites (tertiary alicyclic amines) is 1. The van der Waals surface area contributed by atoms with E-state index in [-0.39, 0.29) is 37.7 Å². The summed E-state index contributed by atoms with van der Waals surface area (Å²) in [4.78, 5) is 61.5. The highest BCUT2D eigenvalue weighted by Gasteiger charge is 2.50. The van der Waals surface area contributed by atoms with Gasteiger partial charge in [0.15, 0.2) is 0 Å². The second kappa shape index (κ2) is 11.5. The number of carbonyl (C=O) groups is 4. The van der Waals surface area contributed by atoms with Crippen LogP contribution in [0.4, 0.5) is 0 Å². The van der Waals surface area contributed by atoms with Gasteiger partial charge in [-0.05, 0) is 36.9 Å². The number of imide groups is 2. The van der Waals surface area contributed by atoms with Crippen LogP contribution in [-0.4, -0.2) is 82.5 Å². The lowest BCUT2D eigenvalue weighted by Gasteiger charge is -2.34. The fourth-order valence-corrected chi connectivity index (χ4v) is 6.03. The Labute approximate surface area is 239 Å². The molecule has 4 amide bonds. The Morgan fingerprint density at radius 1 is 1.15 bits per heavy atom. The number of benzene rings is 1. The van der Waals surface area contributed by atoms with Gasteiger partial charge in [-0.25, -0.2) is 0 Å². The summed E-state index contributed by atoms with van der Waals surface area (Å²) in [5.74, 6) is -1.23. The highest BCUT2D eigenvalue weighted by atomic mass is 28.3. The van der Waals surface area contributed by atoms with Gasteiger partial charge in [-0.1, -0.05) is 55.7 Å². The molecule has 11 nitrogen and oxygen atoms in total. The molecule has 1 aromatic carbocycles. The molecule has 216 valence electrons. The predicted molar refractivity (Wildman–Crippen MR) is 152 cm³/mol. The minimum Gasteiger partial charge on any atom is -0.361 e. The SMILES string of the molecule is C=Cc1cccc(-c2noc(CN3CCCC4=C3C(=O)N(C3CCC(=O)N(COCC[Si](C)(C)C)C3=O)C4=O)n2)c1. The highest BCUT2D eigenvalue weighted by Crippen LogP contribution is 2.35. The lowest BCUT2D eigenvalue weighted by molar-refractivity contribution is -0.164. The first-order chi connectivity index (χ1) is 19.6. The summed E-state index contributed by atoms with van der Waals surface area (Å²) in [6.07, 6.45) is 2.96. The van der Waals surface area contributed by atoms with Crippen molar-refractivity contribution in [1.29, 1.82) is 0 Å². The molecule has 41 heavy (non-hydrogen) atoms. The standard InChI is InChI=1S/C29H35N5O6Si/c1-5-19-8-6-9-20(16-19)26-30-23(40-31-26)17-32-13-7-10-21-25(32)29(38)34(27(21)36)22-11-12-24(35)33(28(22)37)18-39-14-15-41(2,3)4/h5-6,8-9,16,22H,1,7,10-15,17-18H2,2-4H3. The molecule has 0 N–H and O–H groups in total. The van der Waals surface area contributed by atoms with Crippen molar-refractivity contribution in [3.8, 4) is 11.4 Å². The smallest absolute Gasteiger partial charge is 0.278 e. The number of carbonyl (C=O) groups excluding carboxylic acids is 4. The van der Waals surface area contributed by atoms with E-state index in [2.05, 4.69) is 36.4 Å².